The van der Waals surface area contributed by atoms with Gasteiger partial charge in [0.2, 0.25) is 23.6 Å². The zero-order valence-corrected chi connectivity index (χ0v) is 19.0. The van der Waals surface area contributed by atoms with Crippen molar-refractivity contribution in [3.05, 3.63) is 0 Å². The molecule has 184 valence electrons. The molecule has 0 aromatic carbocycles. The van der Waals surface area contributed by atoms with Crippen LogP contribution in [0.25, 0.3) is 0 Å². The van der Waals surface area contributed by atoms with Crippen LogP contribution in [0.3, 0.4) is 0 Å². The number of carbonyl (C=O) groups excluding carboxylic acids is 5. The lowest BCUT2D eigenvalue weighted by atomic mass is 10.2. The first-order valence-electron chi connectivity index (χ1n) is 10.2. The fraction of sp³-hybridized carbons (Fsp3) is 0.722. The van der Waals surface area contributed by atoms with Crippen LogP contribution in [0.4, 0.5) is 0 Å². The van der Waals surface area contributed by atoms with E-state index in [9.17, 15) is 24.0 Å². The second kappa shape index (κ2) is 22.0. The van der Waals surface area contributed by atoms with Gasteiger partial charge in [-0.2, -0.15) is 0 Å². The highest BCUT2D eigenvalue weighted by atomic mass is 31.1. The molecule has 1 unspecified atom stereocenters. The summed E-state index contributed by atoms with van der Waals surface area (Å²) in [5, 5.41) is 9.66. The van der Waals surface area contributed by atoms with Gasteiger partial charge in [0.25, 0.3) is 0 Å². The van der Waals surface area contributed by atoms with Crippen molar-refractivity contribution in [2.75, 3.05) is 59.2 Å². The summed E-state index contributed by atoms with van der Waals surface area (Å²) >= 11 is 0. The van der Waals surface area contributed by atoms with E-state index in [0.717, 1.165) is 6.29 Å². The molecule has 0 bridgehead atoms. The Hall–Kier alpha value is -2.18. The Bertz CT molecular complexity index is 567. The number of carbonyl (C=O) groups is 5. The second-order valence-corrected chi connectivity index (χ2v) is 6.73. The van der Waals surface area contributed by atoms with Crippen molar-refractivity contribution in [1.29, 1.82) is 0 Å². The number of hydrogen-bond acceptors (Lipinski definition) is 9. The summed E-state index contributed by atoms with van der Waals surface area (Å²) in [7, 11) is -0.555. The molecule has 0 aromatic rings. The molecule has 0 aliphatic carbocycles. The highest BCUT2D eigenvalue weighted by Gasteiger charge is 2.09. The van der Waals surface area contributed by atoms with Gasteiger partial charge in [-0.1, -0.05) is 0 Å². The lowest BCUT2D eigenvalue weighted by Crippen LogP contribution is -2.44. The smallest absolute Gasteiger partial charge is 0.239 e. The summed E-state index contributed by atoms with van der Waals surface area (Å²) in [5.74, 6) is -1.80. The summed E-state index contributed by atoms with van der Waals surface area (Å²) in [6, 6.07) is 0. The fourth-order valence-corrected chi connectivity index (χ4v) is 2.23. The van der Waals surface area contributed by atoms with Crippen LogP contribution in [-0.4, -0.2) is 94.0 Å². The van der Waals surface area contributed by atoms with Crippen LogP contribution in [-0.2, 0) is 38.0 Å². The number of ether oxygens (including phenoxy) is 2. The standard InChI is InChI=1S/C18H33N4O9P/c23-6-3-1-2-4-15(24)20-13-17(26)22-14-18(27)21-12-16(25)19-5-7-29-8-9-30-10-11-31-32-28/h6,28,32H,1-5,7-14H2,(H,19,25)(H,20,24)(H,21,27)(H,22,26). The van der Waals surface area contributed by atoms with Crippen molar-refractivity contribution in [2.45, 2.75) is 25.7 Å². The molecule has 32 heavy (non-hydrogen) atoms. The minimum absolute atomic E-state index is 0.219. The first-order chi connectivity index (χ1) is 15.5. The van der Waals surface area contributed by atoms with E-state index in [2.05, 4.69) is 21.3 Å². The first-order valence-corrected chi connectivity index (χ1v) is 11.0. The molecule has 0 saturated heterocycles. The van der Waals surface area contributed by atoms with E-state index in [4.69, 9.17) is 18.9 Å². The van der Waals surface area contributed by atoms with Gasteiger partial charge >= 0.3 is 0 Å². The molecule has 0 aliphatic heterocycles. The van der Waals surface area contributed by atoms with Crippen LogP contribution in [0.1, 0.15) is 25.7 Å². The third kappa shape index (κ3) is 21.1. The summed E-state index contributed by atoms with van der Waals surface area (Å²) in [6.45, 7) is 1.06. The minimum atomic E-state index is -0.555. The van der Waals surface area contributed by atoms with Gasteiger partial charge in [0.15, 0.2) is 9.03 Å². The number of nitrogens with one attached hydrogen (secondary N) is 4. The number of rotatable bonds is 21. The van der Waals surface area contributed by atoms with Crippen LogP contribution in [0.5, 0.6) is 0 Å². The summed E-state index contributed by atoms with van der Waals surface area (Å²) in [5.41, 5.74) is 0. The Balaban J connectivity index is 3.58. The molecular formula is C18H33N4O9P. The molecule has 0 spiro atoms. The van der Waals surface area contributed by atoms with Crippen molar-refractivity contribution < 1.29 is 42.9 Å². The lowest BCUT2D eigenvalue weighted by molar-refractivity contribution is -0.128. The van der Waals surface area contributed by atoms with Crippen LogP contribution in [0, 0.1) is 0 Å². The molecule has 13 nitrogen and oxygen atoms in total. The van der Waals surface area contributed by atoms with Crippen LogP contribution < -0.4 is 21.3 Å². The average Bonchev–Trinajstić information content (AvgIpc) is 2.79. The monoisotopic (exact) mass is 480 g/mol. The molecule has 0 aliphatic rings. The van der Waals surface area contributed by atoms with Gasteiger partial charge < -0.3 is 45.0 Å². The minimum Gasteiger partial charge on any atom is -0.377 e. The van der Waals surface area contributed by atoms with Crippen molar-refractivity contribution in [1.82, 2.24) is 21.3 Å². The van der Waals surface area contributed by atoms with E-state index in [0.29, 0.717) is 45.7 Å². The van der Waals surface area contributed by atoms with Gasteiger partial charge in [-0.3, -0.25) is 19.2 Å². The summed E-state index contributed by atoms with van der Waals surface area (Å²) in [4.78, 5) is 65.0. The molecule has 0 aromatic heterocycles. The van der Waals surface area contributed by atoms with Gasteiger partial charge in [-0.25, -0.2) is 0 Å². The van der Waals surface area contributed by atoms with Crippen molar-refractivity contribution >= 4 is 38.9 Å². The zero-order valence-electron chi connectivity index (χ0n) is 18.0. The molecule has 5 N–H and O–H groups in total. The molecule has 0 radical (unpaired) electrons. The third-order valence-corrected chi connectivity index (χ3v) is 3.98. The van der Waals surface area contributed by atoms with Crippen molar-refractivity contribution in [3.63, 3.8) is 0 Å². The normalized spacial score (nSPS) is 10.7. The highest BCUT2D eigenvalue weighted by Crippen LogP contribution is 2.01. The highest BCUT2D eigenvalue weighted by molar-refractivity contribution is 7.24. The van der Waals surface area contributed by atoms with Crippen LogP contribution in [0.15, 0.2) is 0 Å². The summed E-state index contributed by atoms with van der Waals surface area (Å²) in [6.07, 6.45) is 2.57. The van der Waals surface area contributed by atoms with Crippen molar-refractivity contribution in [2.24, 2.45) is 0 Å². The lowest BCUT2D eigenvalue weighted by Gasteiger charge is -2.09. The first kappa shape index (κ1) is 29.8. The third-order valence-electron chi connectivity index (χ3n) is 3.65. The van der Waals surface area contributed by atoms with Crippen LogP contribution in [0.2, 0.25) is 0 Å². The Morgan fingerprint density at radius 2 is 1.25 bits per heavy atom. The van der Waals surface area contributed by atoms with Crippen LogP contribution >= 0.6 is 9.03 Å². The maximum Gasteiger partial charge on any atom is 0.239 e. The van der Waals surface area contributed by atoms with E-state index < -0.39 is 26.8 Å². The van der Waals surface area contributed by atoms with E-state index in [1.807, 2.05) is 0 Å². The number of unbranched alkanes of at least 4 members (excludes halogenated alkanes) is 2. The SMILES string of the molecule is O=CCCCCC(=O)NCC(=O)NCC(=O)NCC(=O)NCCOCCOCCOPO. The topological polar surface area (TPSA) is 181 Å². The Kier molecular flexibility index (Phi) is 20.5. The molecule has 14 heteroatoms. The molecule has 0 heterocycles. The molecule has 0 fully saturated rings. The Morgan fingerprint density at radius 3 is 1.84 bits per heavy atom. The number of hydrogen-bond donors (Lipinski definition) is 5. The molecule has 0 saturated carbocycles. The predicted octanol–water partition coefficient (Wildman–Crippen LogP) is -2.24. The van der Waals surface area contributed by atoms with Gasteiger partial charge in [-0.05, 0) is 12.8 Å². The van der Waals surface area contributed by atoms with E-state index >= 15 is 0 Å². The van der Waals surface area contributed by atoms with Gasteiger partial charge in [-0.15, -0.1) is 0 Å². The maximum atomic E-state index is 11.7. The zero-order chi connectivity index (χ0) is 23.9. The van der Waals surface area contributed by atoms with E-state index in [1.54, 1.807) is 0 Å². The van der Waals surface area contributed by atoms with Gasteiger partial charge in [0.1, 0.15) is 6.29 Å². The average molecular weight is 480 g/mol. The van der Waals surface area contributed by atoms with E-state index in [1.165, 1.54) is 0 Å². The summed E-state index contributed by atoms with van der Waals surface area (Å²) < 4.78 is 15.1. The molecule has 4 amide bonds. The maximum absolute atomic E-state index is 11.7. The Morgan fingerprint density at radius 1 is 0.719 bits per heavy atom. The predicted molar refractivity (Wildman–Crippen MR) is 115 cm³/mol. The van der Waals surface area contributed by atoms with Crippen molar-refractivity contribution in [3.8, 4) is 0 Å². The van der Waals surface area contributed by atoms with Gasteiger partial charge in [0, 0.05) is 19.4 Å². The number of amides is 4. The fourth-order valence-electron chi connectivity index (χ4n) is 2.06. The molecular weight excluding hydrogens is 447 g/mol. The molecule has 1 atom stereocenters. The van der Waals surface area contributed by atoms with E-state index in [-0.39, 0.29) is 45.1 Å². The molecule has 0 rings (SSSR count). The largest absolute Gasteiger partial charge is 0.377 e. The quantitative estimate of drug-likeness (QED) is 0.0689. The second-order valence-electron chi connectivity index (χ2n) is 6.26. The van der Waals surface area contributed by atoms with Gasteiger partial charge in [0.05, 0.1) is 52.7 Å². The Labute approximate surface area is 188 Å². The number of aldehydes is 1.